The largest absolute Gasteiger partial charge is 0.318 e. The van der Waals surface area contributed by atoms with Crippen LogP contribution in [0.3, 0.4) is 0 Å². The van der Waals surface area contributed by atoms with Crippen LogP contribution in [0.15, 0.2) is 42.6 Å². The lowest BCUT2D eigenvalue weighted by molar-refractivity contribution is 0.529. The Hall–Kier alpha value is -1.74. The third-order valence-electron chi connectivity index (χ3n) is 2.94. The van der Waals surface area contributed by atoms with E-state index in [4.69, 9.17) is 5.73 Å². The Balaban J connectivity index is 2.49. The van der Waals surface area contributed by atoms with Crippen LogP contribution in [0.2, 0.25) is 0 Å². The summed E-state index contributed by atoms with van der Waals surface area (Å²) in [6, 6.07) is 10.3. The van der Waals surface area contributed by atoms with Gasteiger partial charge >= 0.3 is 0 Å². The van der Waals surface area contributed by atoms with E-state index in [1.165, 1.54) is 6.07 Å². The zero-order chi connectivity index (χ0) is 12.5. The average Bonchev–Trinajstić information content (AvgIpc) is 2.30. The third-order valence-corrected chi connectivity index (χ3v) is 2.94. The van der Waals surface area contributed by atoms with Crippen LogP contribution in [0.5, 0.6) is 0 Å². The summed E-state index contributed by atoms with van der Waals surface area (Å²) in [4.78, 5) is 4.20. The molecular weight excluding hydrogens is 215 g/mol. The van der Waals surface area contributed by atoms with Gasteiger partial charge in [-0.3, -0.25) is 4.98 Å². The summed E-state index contributed by atoms with van der Waals surface area (Å²) in [6.45, 7) is 3.69. The van der Waals surface area contributed by atoms with Crippen LogP contribution in [-0.2, 0) is 5.54 Å². The molecule has 0 fully saturated rings. The lowest BCUT2D eigenvalue weighted by Gasteiger charge is -2.26. The Bertz CT molecular complexity index is 518. The monoisotopic (exact) mass is 230 g/mol. The van der Waals surface area contributed by atoms with Crippen LogP contribution in [0, 0.1) is 12.7 Å². The molecule has 0 spiro atoms. The number of benzene rings is 1. The van der Waals surface area contributed by atoms with Gasteiger partial charge in [-0.2, -0.15) is 0 Å². The predicted molar refractivity (Wildman–Crippen MR) is 66.0 cm³/mol. The van der Waals surface area contributed by atoms with Gasteiger partial charge in [0.25, 0.3) is 0 Å². The number of pyridine rings is 1. The van der Waals surface area contributed by atoms with Gasteiger partial charge in [-0.05, 0) is 31.5 Å². The highest BCUT2D eigenvalue weighted by atomic mass is 19.1. The maximum absolute atomic E-state index is 13.7. The first kappa shape index (κ1) is 11.7. The number of nitrogens with zero attached hydrogens (tertiary/aromatic N) is 1. The van der Waals surface area contributed by atoms with Gasteiger partial charge < -0.3 is 5.73 Å². The van der Waals surface area contributed by atoms with Crippen molar-refractivity contribution in [3.63, 3.8) is 0 Å². The number of aryl methyl sites for hydroxylation is 1. The molecule has 17 heavy (non-hydrogen) atoms. The molecule has 2 nitrogen and oxygen atoms in total. The second kappa shape index (κ2) is 4.26. The number of aromatic nitrogens is 1. The van der Waals surface area contributed by atoms with Gasteiger partial charge in [-0.1, -0.05) is 24.3 Å². The molecule has 1 heterocycles. The predicted octanol–water partition coefficient (Wildman–Crippen LogP) is 2.75. The smallest absolute Gasteiger partial charge is 0.128 e. The average molecular weight is 230 g/mol. The van der Waals surface area contributed by atoms with Crippen molar-refractivity contribution in [3.05, 3.63) is 65.2 Å². The van der Waals surface area contributed by atoms with E-state index in [-0.39, 0.29) is 5.82 Å². The van der Waals surface area contributed by atoms with Crippen molar-refractivity contribution < 1.29 is 4.39 Å². The fourth-order valence-corrected chi connectivity index (χ4v) is 1.81. The van der Waals surface area contributed by atoms with E-state index in [2.05, 4.69) is 4.98 Å². The maximum atomic E-state index is 13.7. The van der Waals surface area contributed by atoms with Crippen LogP contribution >= 0.6 is 0 Å². The zero-order valence-electron chi connectivity index (χ0n) is 9.94. The lowest BCUT2D eigenvalue weighted by Crippen LogP contribution is -2.35. The van der Waals surface area contributed by atoms with Crippen molar-refractivity contribution in [3.8, 4) is 0 Å². The van der Waals surface area contributed by atoms with E-state index in [1.54, 1.807) is 31.3 Å². The SMILES string of the molecule is Cc1ccc(C(C)(N)c2ccccc2F)cn1. The molecule has 2 aromatic rings. The Labute approximate surface area is 100 Å². The molecule has 2 rings (SSSR count). The Morgan fingerprint density at radius 1 is 1.18 bits per heavy atom. The van der Waals surface area contributed by atoms with Gasteiger partial charge in [0, 0.05) is 17.5 Å². The Morgan fingerprint density at radius 3 is 2.47 bits per heavy atom. The quantitative estimate of drug-likeness (QED) is 0.861. The lowest BCUT2D eigenvalue weighted by atomic mass is 9.86. The van der Waals surface area contributed by atoms with Crippen LogP contribution in [0.4, 0.5) is 4.39 Å². The maximum Gasteiger partial charge on any atom is 0.128 e. The molecule has 0 radical (unpaired) electrons. The van der Waals surface area contributed by atoms with Gasteiger partial charge in [0.05, 0.1) is 5.54 Å². The molecule has 1 unspecified atom stereocenters. The molecule has 0 aliphatic carbocycles. The first-order chi connectivity index (χ1) is 8.01. The first-order valence-corrected chi connectivity index (χ1v) is 5.49. The molecule has 0 saturated heterocycles. The fourth-order valence-electron chi connectivity index (χ4n) is 1.81. The summed E-state index contributed by atoms with van der Waals surface area (Å²) in [6.07, 6.45) is 1.70. The van der Waals surface area contributed by atoms with Gasteiger partial charge in [-0.25, -0.2) is 4.39 Å². The van der Waals surface area contributed by atoms with Crippen molar-refractivity contribution in [1.29, 1.82) is 0 Å². The molecule has 1 aromatic carbocycles. The molecule has 0 aliphatic rings. The molecule has 0 bridgehead atoms. The van der Waals surface area contributed by atoms with Crippen molar-refractivity contribution in [2.24, 2.45) is 5.73 Å². The third kappa shape index (κ3) is 2.19. The number of hydrogen-bond donors (Lipinski definition) is 1. The molecule has 0 amide bonds. The Kier molecular flexibility index (Phi) is 2.94. The molecular formula is C14H15FN2. The molecule has 2 N–H and O–H groups in total. The van der Waals surface area contributed by atoms with E-state index in [1.807, 2.05) is 19.1 Å². The minimum Gasteiger partial charge on any atom is -0.318 e. The van der Waals surface area contributed by atoms with Crippen LogP contribution in [0.1, 0.15) is 23.7 Å². The number of nitrogens with two attached hydrogens (primary N) is 1. The summed E-state index contributed by atoms with van der Waals surface area (Å²) in [5.41, 5.74) is 7.55. The minimum atomic E-state index is -0.869. The fraction of sp³-hybridized carbons (Fsp3) is 0.214. The van der Waals surface area contributed by atoms with Crippen LogP contribution in [0.25, 0.3) is 0 Å². The normalized spacial score (nSPS) is 14.4. The van der Waals surface area contributed by atoms with Crippen molar-refractivity contribution in [2.45, 2.75) is 19.4 Å². The standard InChI is InChI=1S/C14H15FN2/c1-10-7-8-11(9-17-10)14(2,16)12-5-3-4-6-13(12)15/h3-9H,16H2,1-2H3. The summed E-state index contributed by atoms with van der Waals surface area (Å²) in [5.74, 6) is -0.293. The van der Waals surface area contributed by atoms with Gasteiger partial charge in [0.1, 0.15) is 5.82 Å². The second-order valence-corrected chi connectivity index (χ2v) is 4.37. The summed E-state index contributed by atoms with van der Waals surface area (Å²) < 4.78 is 13.7. The zero-order valence-corrected chi connectivity index (χ0v) is 9.94. The van der Waals surface area contributed by atoms with Crippen molar-refractivity contribution in [2.75, 3.05) is 0 Å². The first-order valence-electron chi connectivity index (χ1n) is 5.49. The molecule has 3 heteroatoms. The van der Waals surface area contributed by atoms with Crippen molar-refractivity contribution in [1.82, 2.24) is 4.98 Å². The molecule has 0 aliphatic heterocycles. The highest BCUT2D eigenvalue weighted by Crippen LogP contribution is 2.27. The van der Waals surface area contributed by atoms with Gasteiger partial charge in [-0.15, -0.1) is 0 Å². The summed E-state index contributed by atoms with van der Waals surface area (Å²) >= 11 is 0. The summed E-state index contributed by atoms with van der Waals surface area (Å²) in [5, 5.41) is 0. The highest BCUT2D eigenvalue weighted by Gasteiger charge is 2.26. The number of rotatable bonds is 2. The molecule has 0 saturated carbocycles. The van der Waals surface area contributed by atoms with Gasteiger partial charge in [0.2, 0.25) is 0 Å². The molecule has 88 valence electrons. The van der Waals surface area contributed by atoms with E-state index in [0.29, 0.717) is 5.56 Å². The number of halogens is 1. The Morgan fingerprint density at radius 2 is 1.88 bits per heavy atom. The van der Waals surface area contributed by atoms with E-state index in [9.17, 15) is 4.39 Å². The molecule has 1 atom stereocenters. The second-order valence-electron chi connectivity index (χ2n) is 4.37. The summed E-state index contributed by atoms with van der Waals surface area (Å²) in [7, 11) is 0. The van der Waals surface area contributed by atoms with E-state index < -0.39 is 5.54 Å². The van der Waals surface area contributed by atoms with Crippen LogP contribution < -0.4 is 5.73 Å². The molecule has 1 aromatic heterocycles. The van der Waals surface area contributed by atoms with Gasteiger partial charge in [0.15, 0.2) is 0 Å². The highest BCUT2D eigenvalue weighted by molar-refractivity contribution is 5.36. The van der Waals surface area contributed by atoms with E-state index >= 15 is 0 Å². The van der Waals surface area contributed by atoms with Crippen molar-refractivity contribution >= 4 is 0 Å². The number of hydrogen-bond acceptors (Lipinski definition) is 2. The minimum absolute atomic E-state index is 0.293. The van der Waals surface area contributed by atoms with Crippen LogP contribution in [-0.4, -0.2) is 4.98 Å². The topological polar surface area (TPSA) is 38.9 Å². The van der Waals surface area contributed by atoms with E-state index in [0.717, 1.165) is 11.3 Å².